The van der Waals surface area contributed by atoms with Crippen LogP contribution < -0.4 is 10.6 Å². The number of rotatable bonds is 6. The number of hydrogen-bond donors (Lipinski definition) is 2. The van der Waals surface area contributed by atoms with E-state index in [9.17, 15) is 18.0 Å². The van der Waals surface area contributed by atoms with Crippen molar-refractivity contribution in [3.63, 3.8) is 0 Å². The first-order chi connectivity index (χ1) is 9.33. The summed E-state index contributed by atoms with van der Waals surface area (Å²) in [6.45, 7) is 5.63. The highest BCUT2D eigenvalue weighted by Gasteiger charge is 2.30. The maximum Gasteiger partial charge on any atom is 0.405 e. The third kappa shape index (κ3) is 6.09. The van der Waals surface area contributed by atoms with Crippen molar-refractivity contribution in [1.82, 2.24) is 15.5 Å². The highest BCUT2D eigenvalue weighted by atomic mass is 19.4. The summed E-state index contributed by atoms with van der Waals surface area (Å²) in [6, 6.07) is -0.538. The van der Waals surface area contributed by atoms with Gasteiger partial charge in [0.15, 0.2) is 0 Å². The fraction of sp³-hybridized carbons (Fsp3) is 0.923. The Morgan fingerprint density at radius 2 is 2.20 bits per heavy atom. The summed E-state index contributed by atoms with van der Waals surface area (Å²) in [4.78, 5) is 13.7. The summed E-state index contributed by atoms with van der Waals surface area (Å²) in [5, 5.41) is 5.25. The topological polar surface area (TPSA) is 44.4 Å². The van der Waals surface area contributed by atoms with Crippen molar-refractivity contribution in [3.05, 3.63) is 0 Å². The summed E-state index contributed by atoms with van der Waals surface area (Å²) >= 11 is 0. The summed E-state index contributed by atoms with van der Waals surface area (Å²) in [5.74, 6) is -0.102. The number of alkyl halides is 3. The third-order valence-corrected chi connectivity index (χ3v) is 3.69. The van der Waals surface area contributed by atoms with Crippen molar-refractivity contribution >= 4 is 5.91 Å². The molecular formula is C13H24F3N3O. The van der Waals surface area contributed by atoms with Gasteiger partial charge in [0.1, 0.15) is 6.54 Å². The molecule has 1 fully saturated rings. The molecule has 2 unspecified atom stereocenters. The molecule has 1 aliphatic heterocycles. The molecule has 1 saturated heterocycles. The Kier molecular flexibility index (Phi) is 6.75. The van der Waals surface area contributed by atoms with E-state index in [1.54, 1.807) is 6.92 Å². The first-order valence-electron chi connectivity index (χ1n) is 7.12. The average molecular weight is 295 g/mol. The Hall–Kier alpha value is -0.820. The van der Waals surface area contributed by atoms with Gasteiger partial charge in [-0.25, -0.2) is 0 Å². The quantitative estimate of drug-likeness (QED) is 0.778. The summed E-state index contributed by atoms with van der Waals surface area (Å²) in [6.07, 6.45) is -2.16. The number of halogens is 3. The number of piperidine rings is 1. The van der Waals surface area contributed by atoms with Crippen LogP contribution in [0.1, 0.15) is 26.7 Å². The van der Waals surface area contributed by atoms with Crippen LogP contribution in [0.3, 0.4) is 0 Å². The van der Waals surface area contributed by atoms with Crippen LogP contribution in [0.15, 0.2) is 0 Å². The van der Waals surface area contributed by atoms with Gasteiger partial charge in [-0.05, 0) is 45.3 Å². The van der Waals surface area contributed by atoms with E-state index in [2.05, 4.69) is 5.32 Å². The molecule has 1 rings (SSSR count). The molecule has 0 bridgehead atoms. The van der Waals surface area contributed by atoms with E-state index in [0.29, 0.717) is 12.5 Å². The predicted molar refractivity (Wildman–Crippen MR) is 71.4 cm³/mol. The zero-order chi connectivity index (χ0) is 15.2. The lowest BCUT2D eigenvalue weighted by Gasteiger charge is -2.32. The van der Waals surface area contributed by atoms with E-state index in [0.717, 1.165) is 32.5 Å². The van der Waals surface area contributed by atoms with E-state index < -0.39 is 24.7 Å². The van der Waals surface area contributed by atoms with E-state index in [-0.39, 0.29) is 0 Å². The second-order valence-corrected chi connectivity index (χ2v) is 5.31. The Labute approximate surface area is 118 Å². The smallest absolute Gasteiger partial charge is 0.346 e. The summed E-state index contributed by atoms with van der Waals surface area (Å²) in [5.41, 5.74) is 0. The number of amides is 1. The van der Waals surface area contributed by atoms with Crippen molar-refractivity contribution in [2.45, 2.75) is 38.9 Å². The molecular weight excluding hydrogens is 271 g/mol. The van der Waals surface area contributed by atoms with Crippen molar-refractivity contribution < 1.29 is 18.0 Å². The number of likely N-dealkylation sites (N-methyl/N-ethyl adjacent to an activating group) is 1. The third-order valence-electron chi connectivity index (χ3n) is 3.69. The lowest BCUT2D eigenvalue weighted by atomic mass is 9.98. The SMILES string of the molecule is CCN(CC1CCCNC1)C(C)C(=O)NCC(F)(F)F. The molecule has 1 heterocycles. The Morgan fingerprint density at radius 1 is 1.50 bits per heavy atom. The fourth-order valence-electron chi connectivity index (χ4n) is 2.47. The molecule has 20 heavy (non-hydrogen) atoms. The normalized spacial score (nSPS) is 21.8. The molecule has 1 aliphatic rings. The minimum absolute atomic E-state index is 0.460. The summed E-state index contributed by atoms with van der Waals surface area (Å²) < 4.78 is 36.3. The second kappa shape index (κ2) is 7.83. The van der Waals surface area contributed by atoms with E-state index in [1.807, 2.05) is 17.1 Å². The molecule has 7 heteroatoms. The minimum atomic E-state index is -4.36. The van der Waals surface area contributed by atoms with Crippen molar-refractivity contribution in [3.8, 4) is 0 Å². The van der Waals surface area contributed by atoms with Gasteiger partial charge in [-0.1, -0.05) is 6.92 Å². The first kappa shape index (κ1) is 17.2. The fourth-order valence-corrected chi connectivity index (χ4v) is 2.47. The molecule has 0 aromatic rings. The van der Waals surface area contributed by atoms with Gasteiger partial charge in [-0.3, -0.25) is 9.69 Å². The first-order valence-corrected chi connectivity index (χ1v) is 7.12. The number of carbonyl (C=O) groups is 1. The van der Waals surface area contributed by atoms with Gasteiger partial charge in [0.2, 0.25) is 5.91 Å². The zero-order valence-corrected chi connectivity index (χ0v) is 12.1. The zero-order valence-electron chi connectivity index (χ0n) is 12.1. The van der Waals surface area contributed by atoms with Crippen LogP contribution in [-0.4, -0.2) is 55.7 Å². The van der Waals surface area contributed by atoms with Crippen LogP contribution in [-0.2, 0) is 4.79 Å². The molecule has 0 aromatic carbocycles. The van der Waals surface area contributed by atoms with Crippen LogP contribution in [0, 0.1) is 5.92 Å². The Bertz CT molecular complexity index is 304. The number of nitrogens with one attached hydrogen (secondary N) is 2. The molecule has 0 aliphatic carbocycles. The number of nitrogens with zero attached hydrogens (tertiary/aromatic N) is 1. The Morgan fingerprint density at radius 3 is 2.70 bits per heavy atom. The lowest BCUT2D eigenvalue weighted by Crippen LogP contribution is -2.49. The van der Waals surface area contributed by atoms with Crippen molar-refractivity contribution in [2.24, 2.45) is 5.92 Å². The highest BCUT2D eigenvalue weighted by molar-refractivity contribution is 5.81. The molecule has 0 spiro atoms. The predicted octanol–water partition coefficient (Wildman–Crippen LogP) is 1.37. The number of hydrogen-bond acceptors (Lipinski definition) is 3. The lowest BCUT2D eigenvalue weighted by molar-refractivity contribution is -0.141. The summed E-state index contributed by atoms with van der Waals surface area (Å²) in [7, 11) is 0. The Balaban J connectivity index is 2.44. The largest absolute Gasteiger partial charge is 0.405 e. The molecule has 2 atom stereocenters. The van der Waals surface area contributed by atoms with Gasteiger partial charge in [-0.2, -0.15) is 13.2 Å². The van der Waals surface area contributed by atoms with E-state index in [1.165, 1.54) is 0 Å². The molecule has 118 valence electrons. The molecule has 0 radical (unpaired) electrons. The standard InChI is InChI=1S/C13H24F3N3O/c1-3-19(8-11-5-4-6-17-7-11)10(2)12(20)18-9-13(14,15)16/h10-11,17H,3-9H2,1-2H3,(H,18,20). The number of carbonyl (C=O) groups excluding carboxylic acids is 1. The van der Waals surface area contributed by atoms with Gasteiger partial charge in [0.25, 0.3) is 0 Å². The van der Waals surface area contributed by atoms with Gasteiger partial charge < -0.3 is 10.6 Å². The van der Waals surface area contributed by atoms with E-state index >= 15 is 0 Å². The average Bonchev–Trinajstić information content (AvgIpc) is 2.41. The van der Waals surface area contributed by atoms with E-state index in [4.69, 9.17) is 0 Å². The molecule has 1 amide bonds. The van der Waals surface area contributed by atoms with Crippen molar-refractivity contribution in [2.75, 3.05) is 32.7 Å². The van der Waals surface area contributed by atoms with Crippen molar-refractivity contribution in [1.29, 1.82) is 0 Å². The molecule has 0 aromatic heterocycles. The second-order valence-electron chi connectivity index (χ2n) is 5.31. The minimum Gasteiger partial charge on any atom is -0.346 e. The van der Waals surface area contributed by atoms with Crippen LogP contribution in [0.25, 0.3) is 0 Å². The van der Waals surface area contributed by atoms with Gasteiger partial charge in [0, 0.05) is 6.54 Å². The van der Waals surface area contributed by atoms with Gasteiger partial charge in [0.05, 0.1) is 6.04 Å². The van der Waals surface area contributed by atoms with Crippen LogP contribution in [0.2, 0.25) is 0 Å². The maximum atomic E-state index is 12.1. The molecule has 4 nitrogen and oxygen atoms in total. The van der Waals surface area contributed by atoms with Crippen LogP contribution >= 0.6 is 0 Å². The van der Waals surface area contributed by atoms with Gasteiger partial charge in [-0.15, -0.1) is 0 Å². The van der Waals surface area contributed by atoms with Crippen LogP contribution in [0.5, 0.6) is 0 Å². The maximum absolute atomic E-state index is 12.1. The monoisotopic (exact) mass is 295 g/mol. The van der Waals surface area contributed by atoms with Gasteiger partial charge >= 0.3 is 6.18 Å². The molecule has 2 N–H and O–H groups in total. The molecule has 0 saturated carbocycles. The van der Waals surface area contributed by atoms with Crippen LogP contribution in [0.4, 0.5) is 13.2 Å². The highest BCUT2D eigenvalue weighted by Crippen LogP contribution is 2.15.